The zero-order valence-corrected chi connectivity index (χ0v) is 16.0. The molecule has 1 aliphatic rings. The molecule has 0 aliphatic carbocycles. The van der Waals surface area contributed by atoms with Crippen molar-refractivity contribution in [1.29, 1.82) is 0 Å². The fraction of sp³-hybridized carbons (Fsp3) is 0.0417. The lowest BCUT2D eigenvalue weighted by molar-refractivity contribution is -0.129. The average molecular weight is 401 g/mol. The lowest BCUT2D eigenvalue weighted by atomic mass is 10.1. The number of carbonyl (C=O) groups excluding carboxylic acids is 2. The molecule has 6 heteroatoms. The highest BCUT2D eigenvalue weighted by molar-refractivity contribution is 6.12. The van der Waals surface area contributed by atoms with Crippen LogP contribution in [-0.2, 0) is 9.53 Å². The maximum absolute atomic E-state index is 13.4. The van der Waals surface area contributed by atoms with Crippen molar-refractivity contribution in [3.05, 3.63) is 107 Å². The highest BCUT2D eigenvalue weighted by atomic mass is 19.1. The molecule has 0 spiro atoms. The van der Waals surface area contributed by atoms with E-state index < -0.39 is 17.8 Å². The molecule has 0 N–H and O–H groups in total. The van der Waals surface area contributed by atoms with Gasteiger partial charge in [-0.2, -0.15) is 0 Å². The Morgan fingerprint density at radius 2 is 1.77 bits per heavy atom. The van der Waals surface area contributed by atoms with Crippen LogP contribution < -0.4 is 4.74 Å². The number of nitrogens with zero attached hydrogens (tertiary/aromatic N) is 1. The summed E-state index contributed by atoms with van der Waals surface area (Å²) < 4.78 is 23.9. The maximum atomic E-state index is 13.4. The van der Waals surface area contributed by atoms with Crippen LogP contribution in [0.1, 0.15) is 27.0 Å². The lowest BCUT2D eigenvalue weighted by Gasteiger charge is -2.05. The molecule has 148 valence electrons. The summed E-state index contributed by atoms with van der Waals surface area (Å²) in [6.07, 6.45) is 1.54. The molecule has 4 rings (SSSR count). The van der Waals surface area contributed by atoms with Crippen molar-refractivity contribution < 1.29 is 23.5 Å². The average Bonchev–Trinajstić information content (AvgIpc) is 3.10. The third-order valence-corrected chi connectivity index (χ3v) is 4.37. The number of ether oxygens (including phenoxy) is 2. The Bertz CT molecular complexity index is 1180. The molecule has 30 heavy (non-hydrogen) atoms. The summed E-state index contributed by atoms with van der Waals surface area (Å²) in [5, 5.41) is 0. The van der Waals surface area contributed by atoms with Crippen LogP contribution in [-0.4, -0.2) is 17.8 Å². The Morgan fingerprint density at radius 3 is 2.47 bits per heavy atom. The predicted octanol–water partition coefficient (Wildman–Crippen LogP) is 4.70. The smallest absolute Gasteiger partial charge is 0.363 e. The van der Waals surface area contributed by atoms with Crippen molar-refractivity contribution in [2.24, 2.45) is 4.99 Å². The van der Waals surface area contributed by atoms with Gasteiger partial charge in [0, 0.05) is 5.56 Å². The molecule has 0 saturated carbocycles. The third-order valence-electron chi connectivity index (χ3n) is 4.37. The van der Waals surface area contributed by atoms with E-state index in [0.717, 1.165) is 5.56 Å². The zero-order chi connectivity index (χ0) is 21.1. The van der Waals surface area contributed by atoms with Gasteiger partial charge >= 0.3 is 11.9 Å². The first-order valence-electron chi connectivity index (χ1n) is 9.15. The van der Waals surface area contributed by atoms with Crippen molar-refractivity contribution in [2.45, 2.75) is 6.92 Å². The summed E-state index contributed by atoms with van der Waals surface area (Å²) in [6.45, 7) is 1.94. The van der Waals surface area contributed by atoms with E-state index in [9.17, 15) is 14.0 Å². The molecule has 3 aromatic carbocycles. The molecule has 1 heterocycles. The van der Waals surface area contributed by atoms with Crippen LogP contribution in [0.25, 0.3) is 6.08 Å². The van der Waals surface area contributed by atoms with E-state index in [1.54, 1.807) is 48.5 Å². The van der Waals surface area contributed by atoms with Crippen LogP contribution in [0.2, 0.25) is 0 Å². The Morgan fingerprint density at radius 1 is 1.03 bits per heavy atom. The first-order chi connectivity index (χ1) is 14.5. The fourth-order valence-electron chi connectivity index (χ4n) is 2.80. The molecule has 1 aliphatic heterocycles. The molecule has 0 unspecified atom stereocenters. The van der Waals surface area contributed by atoms with E-state index >= 15 is 0 Å². The van der Waals surface area contributed by atoms with Crippen LogP contribution in [0.3, 0.4) is 0 Å². The minimum Gasteiger partial charge on any atom is -0.423 e. The molecule has 5 nitrogen and oxygen atoms in total. The van der Waals surface area contributed by atoms with Gasteiger partial charge in [-0.25, -0.2) is 19.0 Å². The number of rotatable bonds is 4. The van der Waals surface area contributed by atoms with Gasteiger partial charge in [-0.1, -0.05) is 35.9 Å². The molecule has 0 saturated heterocycles. The van der Waals surface area contributed by atoms with Crippen molar-refractivity contribution in [3.63, 3.8) is 0 Å². The van der Waals surface area contributed by atoms with Crippen LogP contribution in [0.4, 0.5) is 4.39 Å². The highest BCUT2D eigenvalue weighted by Crippen LogP contribution is 2.21. The van der Waals surface area contributed by atoms with Gasteiger partial charge in [0.1, 0.15) is 11.6 Å². The van der Waals surface area contributed by atoms with E-state index in [1.807, 2.05) is 19.1 Å². The number of hydrogen-bond acceptors (Lipinski definition) is 5. The molecule has 0 fully saturated rings. The number of halogens is 1. The minimum absolute atomic E-state index is 0.0504. The standard InChI is InChI=1S/C24H16FNO4/c1-15-5-9-17(10-6-15)23(27)29-20-11-7-16(8-12-20)13-21-24(28)30-22(26-21)18-3-2-4-19(25)14-18/h2-14H,1H3/b21-13+. The van der Waals surface area contributed by atoms with Gasteiger partial charge in [0.15, 0.2) is 5.70 Å². The Kier molecular flexibility index (Phi) is 5.22. The minimum atomic E-state index is -0.621. The Hall–Kier alpha value is -4.06. The van der Waals surface area contributed by atoms with E-state index in [0.29, 0.717) is 22.4 Å². The lowest BCUT2D eigenvalue weighted by Crippen LogP contribution is -2.08. The van der Waals surface area contributed by atoms with Crippen LogP contribution in [0.15, 0.2) is 83.5 Å². The summed E-state index contributed by atoms with van der Waals surface area (Å²) in [5.41, 5.74) is 2.66. The monoisotopic (exact) mass is 401 g/mol. The molecule has 0 amide bonds. The summed E-state index contributed by atoms with van der Waals surface area (Å²) in [4.78, 5) is 28.4. The number of aryl methyl sites for hydroxylation is 1. The normalized spacial score (nSPS) is 14.4. The second-order valence-electron chi connectivity index (χ2n) is 6.67. The summed E-state index contributed by atoms with van der Waals surface area (Å²) in [6, 6.07) is 19.4. The van der Waals surface area contributed by atoms with Crippen LogP contribution >= 0.6 is 0 Å². The summed E-state index contributed by atoms with van der Waals surface area (Å²) >= 11 is 0. The topological polar surface area (TPSA) is 65.0 Å². The quantitative estimate of drug-likeness (QED) is 0.361. The van der Waals surface area contributed by atoms with Gasteiger partial charge < -0.3 is 9.47 Å². The van der Waals surface area contributed by atoms with Crippen LogP contribution in [0.5, 0.6) is 5.75 Å². The van der Waals surface area contributed by atoms with E-state index in [1.165, 1.54) is 18.2 Å². The fourth-order valence-corrected chi connectivity index (χ4v) is 2.80. The maximum Gasteiger partial charge on any atom is 0.363 e. The van der Waals surface area contributed by atoms with Crippen LogP contribution in [0, 0.1) is 12.7 Å². The second kappa shape index (κ2) is 8.13. The van der Waals surface area contributed by atoms with E-state index in [4.69, 9.17) is 9.47 Å². The number of aliphatic imine (C=N–C) groups is 1. The zero-order valence-electron chi connectivity index (χ0n) is 16.0. The SMILES string of the molecule is Cc1ccc(C(=O)Oc2ccc(/C=C3/N=C(c4cccc(F)c4)OC3=O)cc2)cc1. The van der Waals surface area contributed by atoms with Gasteiger partial charge in [-0.05, 0) is 61.0 Å². The van der Waals surface area contributed by atoms with Crippen molar-refractivity contribution in [3.8, 4) is 5.75 Å². The highest BCUT2D eigenvalue weighted by Gasteiger charge is 2.24. The Labute approximate surface area is 172 Å². The number of benzene rings is 3. The molecule has 0 radical (unpaired) electrons. The third kappa shape index (κ3) is 4.33. The van der Waals surface area contributed by atoms with E-state index in [-0.39, 0.29) is 11.6 Å². The molecule has 0 bridgehead atoms. The molecule has 3 aromatic rings. The largest absolute Gasteiger partial charge is 0.423 e. The molecule has 0 aromatic heterocycles. The number of hydrogen-bond donors (Lipinski definition) is 0. The first kappa shape index (κ1) is 19.3. The Balaban J connectivity index is 1.48. The number of cyclic esters (lactones) is 1. The second-order valence-corrected chi connectivity index (χ2v) is 6.67. The summed E-state index contributed by atoms with van der Waals surface area (Å²) in [7, 11) is 0. The van der Waals surface area contributed by atoms with Crippen molar-refractivity contribution >= 4 is 23.9 Å². The summed E-state index contributed by atoms with van der Waals surface area (Å²) in [5.74, 6) is -1.09. The van der Waals surface area contributed by atoms with Gasteiger partial charge in [-0.3, -0.25) is 0 Å². The predicted molar refractivity (Wildman–Crippen MR) is 110 cm³/mol. The van der Waals surface area contributed by atoms with Crippen molar-refractivity contribution in [1.82, 2.24) is 0 Å². The number of esters is 2. The van der Waals surface area contributed by atoms with E-state index in [2.05, 4.69) is 4.99 Å². The van der Waals surface area contributed by atoms with Gasteiger partial charge in [-0.15, -0.1) is 0 Å². The van der Waals surface area contributed by atoms with Gasteiger partial charge in [0.2, 0.25) is 5.90 Å². The molecule has 0 atom stereocenters. The molecular formula is C24H16FNO4. The molecular weight excluding hydrogens is 385 g/mol. The first-order valence-corrected chi connectivity index (χ1v) is 9.15. The van der Waals surface area contributed by atoms with Gasteiger partial charge in [0.25, 0.3) is 0 Å². The number of carbonyl (C=O) groups is 2. The van der Waals surface area contributed by atoms with Gasteiger partial charge in [0.05, 0.1) is 5.56 Å². The van der Waals surface area contributed by atoms with Crippen molar-refractivity contribution in [2.75, 3.05) is 0 Å².